The van der Waals surface area contributed by atoms with Gasteiger partial charge in [-0.15, -0.1) is 0 Å². The molecule has 0 atom stereocenters. The highest BCUT2D eigenvalue weighted by atomic mass is 19.1. The molecular formula is C109H115FN36O. The Hall–Kier alpha value is -18.2. The highest BCUT2D eigenvalue weighted by Gasteiger charge is 2.41. The molecule has 0 saturated heterocycles. The minimum Gasteiger partial charge on any atom is -0.377 e. The Balaban J connectivity index is 0.000000126. The van der Waals surface area contributed by atoms with Gasteiger partial charge in [-0.2, -0.15) is 89.7 Å². The molecule has 0 bridgehead atoms. The van der Waals surface area contributed by atoms with E-state index < -0.39 is 5.67 Å². The van der Waals surface area contributed by atoms with Crippen molar-refractivity contribution in [2.45, 2.75) is 122 Å². The lowest BCUT2D eigenvalue weighted by atomic mass is 9.79. The number of nitrogens with one attached hydrogen (secondary N) is 12. The van der Waals surface area contributed by atoms with Crippen LogP contribution in [0.2, 0.25) is 0 Å². The van der Waals surface area contributed by atoms with E-state index in [0.717, 1.165) is 112 Å². The molecule has 744 valence electrons. The van der Waals surface area contributed by atoms with Crippen molar-refractivity contribution in [2.75, 3.05) is 97.1 Å². The highest BCUT2D eigenvalue weighted by Crippen LogP contribution is 2.39. The van der Waals surface area contributed by atoms with Gasteiger partial charge in [-0.05, 0) is 152 Å². The van der Waals surface area contributed by atoms with E-state index in [1.54, 1.807) is 88.4 Å². The second-order valence-corrected chi connectivity index (χ2v) is 35.4. The summed E-state index contributed by atoms with van der Waals surface area (Å²) in [6, 6.07) is 81.5. The summed E-state index contributed by atoms with van der Waals surface area (Å²) in [6.07, 6.45) is 29.9. The van der Waals surface area contributed by atoms with Crippen molar-refractivity contribution < 1.29 is 9.13 Å². The van der Waals surface area contributed by atoms with E-state index in [1.807, 2.05) is 276 Å². The third kappa shape index (κ3) is 31.9. The van der Waals surface area contributed by atoms with Crippen molar-refractivity contribution in [1.82, 2.24) is 120 Å². The molecular weight excluding hydrogens is 1850 g/mol. The van der Waals surface area contributed by atoms with E-state index in [-0.39, 0.29) is 17.2 Å². The Morgan fingerprint density at radius 3 is 0.823 bits per heavy atom. The molecule has 0 spiro atoms. The minimum atomic E-state index is -1.11. The van der Waals surface area contributed by atoms with Crippen molar-refractivity contribution in [3.63, 3.8) is 0 Å². The van der Waals surface area contributed by atoms with Crippen LogP contribution in [-0.2, 0) is 4.74 Å². The number of anilines is 18. The zero-order valence-electron chi connectivity index (χ0n) is 82.5. The van der Waals surface area contributed by atoms with Crippen LogP contribution in [0.4, 0.5) is 110 Å². The highest BCUT2D eigenvalue weighted by molar-refractivity contribution is 5.68. The van der Waals surface area contributed by atoms with E-state index in [2.05, 4.69) is 197 Å². The lowest BCUT2D eigenvalue weighted by Gasteiger charge is -2.39. The van der Waals surface area contributed by atoms with E-state index in [1.165, 1.54) is 25.7 Å². The molecule has 3 fully saturated rings. The molecule has 18 aromatic rings. The molecule has 38 heteroatoms. The molecule has 0 unspecified atom stereocenters. The van der Waals surface area contributed by atoms with Gasteiger partial charge in [0, 0.05) is 200 Å². The maximum Gasteiger partial charge on any atom is 0.232 e. The van der Waals surface area contributed by atoms with Crippen molar-refractivity contribution in [3.05, 3.63) is 329 Å². The number of hydrogen-bond donors (Lipinski definition) is 12. The first-order valence-electron chi connectivity index (χ1n) is 48.6. The topological polar surface area (TPSA) is 463 Å². The van der Waals surface area contributed by atoms with Gasteiger partial charge < -0.3 is 68.5 Å². The Labute approximate surface area is 852 Å². The summed E-state index contributed by atoms with van der Waals surface area (Å²) >= 11 is 0. The first-order valence-corrected chi connectivity index (χ1v) is 48.6. The molecule has 3 aliphatic carbocycles. The third-order valence-electron chi connectivity index (χ3n) is 23.0. The number of hydrogen-bond acceptors (Lipinski definition) is 37. The standard InChI is InChI=1S/C19H19FN6.C19H22N6O.2C19H20N6.C17H18N6.C16H16N6/c1-19(20)11-15(12-19)23-18-25-16(13-5-3-2-4-6-13)24-17(26-18)22-14-7-9-21-10-8-14;1-19(2,26-3)13-21-17-23-16(14-7-5-4-6-8-14)24-18(25-17)22-15-9-11-20-12-10-15;1-19(10-5-11-19)25-18-23-16(14-6-3-2-4-7-14)22-17(24-18)21-15-8-12-20-13-9-15;1-2-7-15(8-3-1)17-23-18(21-13-14-5-4-6-14)25-19(24-17)22-16-9-11-20-12-10-16;1-2-10-19-16-21-15(13-6-4-3-5-7-13)22-17(23-16)20-14-8-11-18-12-9-14;1-2-18-15-20-14(12-6-4-3-5-7-12)21-16(22-15)19-13-8-10-17-11-9-13/h2-10,15H,11-12H2,1H3,(H2,21,22,23,24,25,26);4-12H,13H2,1-3H3,(H2,20,21,22,23,24,25);2-4,6-9,12-13H,5,10-11H2,1H3,(H2,20,21,22,23,24,25);1-3,7-12,14H,4-6,13H2,(H2,20,21,22,23,24,25);3-9,11-12H,2,10H2,1H3,(H2,18,19,20,21,22,23);3-11H,2H2,1H3,(H2,17,18,19,20,21,22). The predicted octanol–water partition coefficient (Wildman–Crippen LogP) is 22.0. The van der Waals surface area contributed by atoms with E-state index in [9.17, 15) is 4.39 Å². The molecule has 3 saturated carbocycles. The maximum absolute atomic E-state index is 13.8. The Morgan fingerprint density at radius 2 is 0.565 bits per heavy atom. The fourth-order valence-corrected chi connectivity index (χ4v) is 14.8. The molecule has 12 heterocycles. The number of benzene rings is 6. The number of aromatic nitrogens is 24. The van der Waals surface area contributed by atoms with Crippen LogP contribution in [-0.4, -0.2) is 176 Å². The first kappa shape index (κ1) is 102. The Kier molecular flexibility index (Phi) is 35.6. The van der Waals surface area contributed by atoms with Crippen LogP contribution < -0.4 is 63.8 Å². The van der Waals surface area contributed by atoms with Crippen LogP contribution >= 0.6 is 0 Å². The Bertz CT molecular complexity index is 7050. The van der Waals surface area contributed by atoms with Crippen molar-refractivity contribution in [3.8, 4) is 68.3 Å². The van der Waals surface area contributed by atoms with Gasteiger partial charge in [-0.3, -0.25) is 29.9 Å². The maximum atomic E-state index is 13.8. The Morgan fingerprint density at radius 1 is 0.306 bits per heavy atom. The van der Waals surface area contributed by atoms with Crippen molar-refractivity contribution >= 4 is 106 Å². The lowest BCUT2D eigenvalue weighted by Crippen LogP contribution is -2.45. The SMILES string of the molecule is CC1(F)CC(Nc2nc(Nc3ccncc3)nc(-c3ccccc3)n2)C1.CC1(Nc2nc(Nc3ccncc3)nc(-c3ccccc3)n2)CCC1.CCCNc1nc(Nc2ccncc2)nc(-c2ccccc2)n1.CCNc1nc(Nc2ccncc2)nc(-c2ccccc2)n1.COC(C)(C)CNc1nc(Nc2ccncc2)nc(-c2ccccc2)n1.c1ccc(-c2nc(NCC3CCC3)nc(Nc3ccncc3)n2)cc1. The molecule has 37 nitrogen and oxygen atoms in total. The molecule has 0 radical (unpaired) electrons. The molecule has 0 amide bonds. The van der Waals surface area contributed by atoms with Gasteiger partial charge in [0.25, 0.3) is 0 Å². The van der Waals surface area contributed by atoms with Crippen LogP contribution in [0, 0.1) is 5.92 Å². The number of ether oxygens (including phenoxy) is 1. The molecule has 12 N–H and O–H groups in total. The molecule has 6 aromatic carbocycles. The van der Waals surface area contributed by atoms with E-state index in [4.69, 9.17) is 4.74 Å². The number of rotatable bonds is 34. The van der Waals surface area contributed by atoms with Crippen molar-refractivity contribution in [1.29, 1.82) is 0 Å². The normalized spacial score (nSPS) is 13.9. The largest absolute Gasteiger partial charge is 0.377 e. The minimum absolute atomic E-state index is 0.0322. The quantitative estimate of drug-likeness (QED) is 0.0178. The first-order chi connectivity index (χ1) is 71.9. The summed E-state index contributed by atoms with van der Waals surface area (Å²) in [4.78, 5) is 105. The predicted molar refractivity (Wildman–Crippen MR) is 577 cm³/mol. The number of alkyl halides is 1. The number of pyridine rings is 6. The van der Waals surface area contributed by atoms with Gasteiger partial charge in [-0.25, -0.2) is 4.39 Å². The molecule has 21 rings (SSSR count). The molecule has 0 aliphatic heterocycles. The zero-order valence-corrected chi connectivity index (χ0v) is 82.5. The van der Waals surface area contributed by atoms with Crippen LogP contribution in [0.5, 0.6) is 0 Å². The van der Waals surface area contributed by atoms with Gasteiger partial charge in [-0.1, -0.05) is 195 Å². The lowest BCUT2D eigenvalue weighted by molar-refractivity contribution is 0.0342. The second kappa shape index (κ2) is 51.5. The average Bonchev–Trinajstić information content (AvgIpc) is 0.788. The summed E-state index contributed by atoms with van der Waals surface area (Å²) in [5.74, 6) is 10.6. The number of nitrogens with zero attached hydrogens (tertiary/aromatic N) is 24. The van der Waals surface area contributed by atoms with Gasteiger partial charge in [0.2, 0.25) is 71.4 Å². The molecule has 147 heavy (non-hydrogen) atoms. The van der Waals surface area contributed by atoms with Gasteiger partial charge >= 0.3 is 0 Å². The third-order valence-corrected chi connectivity index (χ3v) is 23.0. The van der Waals surface area contributed by atoms with Crippen LogP contribution in [0.25, 0.3) is 68.3 Å². The number of methoxy groups -OCH3 is 1. The number of halogens is 1. The fraction of sp³-hybridized carbons (Fsp3) is 0.229. The molecule has 3 aliphatic rings. The van der Waals surface area contributed by atoms with Gasteiger partial charge in [0.15, 0.2) is 34.9 Å². The second-order valence-electron chi connectivity index (χ2n) is 35.4. The van der Waals surface area contributed by atoms with E-state index in [0.29, 0.717) is 126 Å². The molecule has 12 aromatic heterocycles. The van der Waals surface area contributed by atoms with Gasteiger partial charge in [0.1, 0.15) is 5.67 Å². The summed E-state index contributed by atoms with van der Waals surface area (Å²) < 4.78 is 19.2. The average molecular weight is 1960 g/mol. The summed E-state index contributed by atoms with van der Waals surface area (Å²) in [5, 5.41) is 38.8. The smallest absolute Gasteiger partial charge is 0.232 e. The van der Waals surface area contributed by atoms with Gasteiger partial charge in [0.05, 0.1) is 5.60 Å². The monoisotopic (exact) mass is 1960 g/mol. The van der Waals surface area contributed by atoms with Crippen molar-refractivity contribution in [2.24, 2.45) is 5.92 Å². The summed E-state index contributed by atoms with van der Waals surface area (Å²) in [5.41, 5.74) is 9.49. The summed E-state index contributed by atoms with van der Waals surface area (Å²) in [6.45, 7) is 14.9. The van der Waals surface area contributed by atoms with Crippen LogP contribution in [0.1, 0.15) is 99.3 Å². The summed E-state index contributed by atoms with van der Waals surface area (Å²) in [7, 11) is 1.68. The van der Waals surface area contributed by atoms with Crippen LogP contribution in [0.3, 0.4) is 0 Å². The van der Waals surface area contributed by atoms with Crippen LogP contribution in [0.15, 0.2) is 329 Å². The zero-order chi connectivity index (χ0) is 102. The fourth-order valence-electron chi connectivity index (χ4n) is 14.8. The van der Waals surface area contributed by atoms with E-state index >= 15 is 0 Å².